The first kappa shape index (κ1) is 36.1. The van der Waals surface area contributed by atoms with Gasteiger partial charge >= 0.3 is 0 Å². The summed E-state index contributed by atoms with van der Waals surface area (Å²) in [7, 11) is 0.0399. The third-order valence-corrected chi connectivity index (χ3v) is 12.3. The molecule has 0 nitrogen and oxygen atoms in total. The summed E-state index contributed by atoms with van der Waals surface area (Å²) in [5.74, 6) is 0. The Labute approximate surface area is 214 Å². The molecule has 0 fully saturated rings. The third-order valence-electron chi connectivity index (χ3n) is 4.69. The summed E-state index contributed by atoms with van der Waals surface area (Å²) in [4.78, 5) is 0. The van der Waals surface area contributed by atoms with Gasteiger partial charge in [-0.05, 0) is 46.8 Å². The summed E-state index contributed by atoms with van der Waals surface area (Å²) < 4.78 is 0. The Morgan fingerprint density at radius 3 is 0.839 bits per heavy atom. The monoisotopic (exact) mass is 558 g/mol. The van der Waals surface area contributed by atoms with Crippen LogP contribution >= 0.6 is 15.8 Å². The van der Waals surface area contributed by atoms with Crippen molar-refractivity contribution in [2.45, 2.75) is 118 Å². The fourth-order valence-electron chi connectivity index (χ4n) is 3.82. The normalized spacial score (nSPS) is 14.2. The molecule has 0 aromatic heterocycles. The van der Waals surface area contributed by atoms with Gasteiger partial charge in [0.25, 0.3) is 0 Å². The van der Waals surface area contributed by atoms with Crippen LogP contribution in [0.15, 0.2) is 48.6 Å². The van der Waals surface area contributed by atoms with Gasteiger partial charge in [-0.2, -0.15) is 0 Å². The van der Waals surface area contributed by atoms with Crippen LogP contribution in [0.5, 0.6) is 0 Å². The molecule has 0 unspecified atom stereocenters. The average Bonchev–Trinajstić information content (AvgIpc) is 2.50. The number of allylic oxidation sites excluding steroid dienone is 8. The van der Waals surface area contributed by atoms with Crippen molar-refractivity contribution >= 4 is 15.8 Å². The van der Waals surface area contributed by atoms with E-state index in [-0.39, 0.29) is 36.3 Å². The van der Waals surface area contributed by atoms with Crippen molar-refractivity contribution in [2.24, 2.45) is 0 Å². The van der Waals surface area contributed by atoms with Crippen molar-refractivity contribution in [3.05, 3.63) is 48.6 Å². The Hall–Kier alpha value is 0.482. The molecule has 0 spiro atoms. The molecular weight excluding hydrogens is 505 g/mol. The van der Waals surface area contributed by atoms with Crippen LogP contribution in [0.2, 0.25) is 0 Å². The Bertz CT molecular complexity index is 476. The van der Waals surface area contributed by atoms with Crippen molar-refractivity contribution in [3.63, 3.8) is 0 Å². The molecule has 0 aliphatic rings. The summed E-state index contributed by atoms with van der Waals surface area (Å²) >= 11 is 0. The van der Waals surface area contributed by atoms with Gasteiger partial charge in [0.05, 0.1) is 0 Å². The Morgan fingerprint density at radius 1 is 0.452 bits per heavy atom. The summed E-state index contributed by atoms with van der Waals surface area (Å²) in [5.41, 5.74) is 0. The number of rotatable bonds is 6. The van der Waals surface area contributed by atoms with Crippen molar-refractivity contribution in [1.82, 2.24) is 0 Å². The van der Waals surface area contributed by atoms with E-state index in [1.807, 2.05) is 0 Å². The Balaban J connectivity index is -0.000000490. The summed E-state index contributed by atoms with van der Waals surface area (Å²) in [6.07, 6.45) is 19.8. The third kappa shape index (κ3) is 18.6. The molecule has 0 saturated heterocycles. The van der Waals surface area contributed by atoms with Gasteiger partial charge in [-0.3, -0.25) is 0 Å². The standard InChI is InChI=1S/2C14H27P.Pd/c2*1-8-9-10-11-12-15(13(2,3)4)14(5,6)7;/h2*8-11H,12H2,1-7H3;. The SMILES string of the molecule is CC=CC=CCP(C(C)(C)C)C(C)(C)C.CC=CC=CCP(C(C)(C)C)C(C)(C)C.[Pd]. The number of hydrogen-bond acceptors (Lipinski definition) is 0. The molecule has 0 rings (SSSR count). The van der Waals surface area contributed by atoms with Crippen LogP contribution in [0.3, 0.4) is 0 Å². The van der Waals surface area contributed by atoms with Gasteiger partial charge in [0, 0.05) is 20.4 Å². The van der Waals surface area contributed by atoms with Crippen molar-refractivity contribution in [1.29, 1.82) is 0 Å². The minimum Gasteiger partial charge on any atom is -0.0918 e. The van der Waals surface area contributed by atoms with Crippen LogP contribution in [0, 0.1) is 0 Å². The van der Waals surface area contributed by atoms with Crippen LogP contribution in [-0.2, 0) is 20.4 Å². The molecule has 0 bridgehead atoms. The van der Waals surface area contributed by atoms with Crippen LogP contribution in [0.25, 0.3) is 0 Å². The molecule has 186 valence electrons. The molecule has 3 heteroatoms. The van der Waals surface area contributed by atoms with Gasteiger partial charge in [0.15, 0.2) is 0 Å². The maximum absolute atomic E-state index is 2.37. The van der Waals surface area contributed by atoms with E-state index in [9.17, 15) is 0 Å². The zero-order chi connectivity index (χ0) is 24.2. The predicted octanol–water partition coefficient (Wildman–Crippen LogP) is 10.4. The molecule has 0 aliphatic carbocycles. The maximum Gasteiger partial charge on any atom is 0 e. The van der Waals surface area contributed by atoms with E-state index in [0.717, 1.165) is 0 Å². The second kappa shape index (κ2) is 16.2. The van der Waals surface area contributed by atoms with Crippen molar-refractivity contribution in [2.75, 3.05) is 12.3 Å². The Morgan fingerprint density at radius 2 is 0.677 bits per heavy atom. The summed E-state index contributed by atoms with van der Waals surface area (Å²) in [5, 5.41) is 1.75. The quantitative estimate of drug-likeness (QED) is 0.173. The van der Waals surface area contributed by atoms with E-state index in [1.54, 1.807) is 0 Å². The summed E-state index contributed by atoms with van der Waals surface area (Å²) in [6.45, 7) is 32.5. The molecule has 0 aromatic rings. The van der Waals surface area contributed by atoms with Crippen molar-refractivity contribution < 1.29 is 20.4 Å². The van der Waals surface area contributed by atoms with E-state index < -0.39 is 0 Å². The largest absolute Gasteiger partial charge is 0.0918 e. The summed E-state index contributed by atoms with van der Waals surface area (Å²) in [6, 6.07) is 0. The first-order chi connectivity index (χ1) is 13.4. The fraction of sp³-hybridized carbons (Fsp3) is 0.714. The van der Waals surface area contributed by atoms with Gasteiger partial charge in [-0.1, -0.05) is 148 Å². The molecule has 31 heavy (non-hydrogen) atoms. The second-order valence-electron chi connectivity index (χ2n) is 11.8. The zero-order valence-corrected chi connectivity index (χ0v) is 26.6. The van der Waals surface area contributed by atoms with Crippen molar-refractivity contribution in [3.8, 4) is 0 Å². The smallest absolute Gasteiger partial charge is 0 e. The van der Waals surface area contributed by atoms with E-state index in [0.29, 0.717) is 20.6 Å². The van der Waals surface area contributed by atoms with E-state index >= 15 is 0 Å². The number of hydrogen-bond donors (Lipinski definition) is 0. The molecule has 0 saturated carbocycles. The molecule has 0 radical (unpaired) electrons. The molecular formula is C28H54P2Pd. The Kier molecular flexibility index (Phi) is 18.8. The van der Waals surface area contributed by atoms with Gasteiger partial charge < -0.3 is 0 Å². The average molecular weight is 559 g/mol. The van der Waals surface area contributed by atoms with Crippen LogP contribution in [0.1, 0.15) is 96.9 Å². The van der Waals surface area contributed by atoms with Gasteiger partial charge in [-0.25, -0.2) is 0 Å². The van der Waals surface area contributed by atoms with Crippen LogP contribution in [0.4, 0.5) is 0 Å². The first-order valence-corrected chi connectivity index (χ1v) is 14.6. The van der Waals surface area contributed by atoms with Crippen LogP contribution < -0.4 is 0 Å². The van der Waals surface area contributed by atoms with Gasteiger partial charge in [-0.15, -0.1) is 0 Å². The molecule has 0 heterocycles. The fourth-order valence-corrected chi connectivity index (χ4v) is 10.7. The predicted molar refractivity (Wildman–Crippen MR) is 150 cm³/mol. The molecule has 0 amide bonds. The maximum atomic E-state index is 2.37. The molecule has 0 N–H and O–H groups in total. The van der Waals surface area contributed by atoms with E-state index in [2.05, 4.69) is 146 Å². The first-order valence-electron chi connectivity index (χ1n) is 11.5. The van der Waals surface area contributed by atoms with Gasteiger partial charge in [0.1, 0.15) is 0 Å². The van der Waals surface area contributed by atoms with Crippen LogP contribution in [-0.4, -0.2) is 32.9 Å². The molecule has 0 aromatic carbocycles. The molecule has 0 aliphatic heterocycles. The van der Waals surface area contributed by atoms with E-state index in [1.165, 1.54) is 12.3 Å². The topological polar surface area (TPSA) is 0 Å². The zero-order valence-electron chi connectivity index (χ0n) is 23.2. The second-order valence-corrected chi connectivity index (χ2v) is 19.6. The minimum absolute atomic E-state index is 0. The van der Waals surface area contributed by atoms with E-state index in [4.69, 9.17) is 0 Å². The minimum atomic E-state index is 0. The molecule has 0 atom stereocenters. The van der Waals surface area contributed by atoms with Gasteiger partial charge in [0.2, 0.25) is 0 Å².